The number of carbonyl (C=O) groups excluding carboxylic acids is 1. The number of hydrogen-bond acceptors (Lipinski definition) is 6. The summed E-state index contributed by atoms with van der Waals surface area (Å²) in [5, 5.41) is 9.04. The van der Waals surface area contributed by atoms with Crippen molar-refractivity contribution < 1.29 is 14.3 Å². The SMILES string of the molecule is CCn1c(COc2ccccc2C)nnc1SCC(=O)OC(C)C. The minimum absolute atomic E-state index is 0.111. The lowest BCUT2D eigenvalue weighted by Gasteiger charge is -2.10. The maximum atomic E-state index is 11.7. The molecule has 1 aromatic heterocycles. The first kappa shape index (κ1) is 18.3. The molecular weight excluding hydrogens is 326 g/mol. The summed E-state index contributed by atoms with van der Waals surface area (Å²) in [4.78, 5) is 11.7. The van der Waals surface area contributed by atoms with Gasteiger partial charge in [-0.25, -0.2) is 0 Å². The Morgan fingerprint density at radius 2 is 2.04 bits per heavy atom. The van der Waals surface area contributed by atoms with Crippen LogP contribution < -0.4 is 4.74 Å². The number of rotatable bonds is 8. The van der Waals surface area contributed by atoms with Gasteiger partial charge in [-0.15, -0.1) is 10.2 Å². The molecule has 0 fully saturated rings. The van der Waals surface area contributed by atoms with Gasteiger partial charge in [0.2, 0.25) is 0 Å². The lowest BCUT2D eigenvalue weighted by atomic mass is 10.2. The number of hydrogen-bond donors (Lipinski definition) is 0. The van der Waals surface area contributed by atoms with Gasteiger partial charge in [-0.1, -0.05) is 30.0 Å². The molecule has 1 aromatic carbocycles. The minimum Gasteiger partial charge on any atom is -0.485 e. The van der Waals surface area contributed by atoms with E-state index in [1.54, 1.807) is 0 Å². The zero-order valence-corrected chi connectivity index (χ0v) is 15.3. The van der Waals surface area contributed by atoms with Gasteiger partial charge in [0.25, 0.3) is 0 Å². The quantitative estimate of drug-likeness (QED) is 0.538. The van der Waals surface area contributed by atoms with Crippen LogP contribution in [-0.4, -0.2) is 32.6 Å². The van der Waals surface area contributed by atoms with Crippen molar-refractivity contribution in [2.24, 2.45) is 0 Å². The van der Waals surface area contributed by atoms with E-state index in [0.717, 1.165) is 17.1 Å². The molecular formula is C17H23N3O3S. The Balaban J connectivity index is 1.98. The third-order valence-corrected chi connectivity index (χ3v) is 4.19. The summed E-state index contributed by atoms with van der Waals surface area (Å²) in [6.45, 7) is 8.72. The lowest BCUT2D eigenvalue weighted by Crippen LogP contribution is -2.14. The van der Waals surface area contributed by atoms with Crippen molar-refractivity contribution in [1.29, 1.82) is 0 Å². The molecule has 0 spiro atoms. The van der Waals surface area contributed by atoms with E-state index in [0.29, 0.717) is 18.3 Å². The summed E-state index contributed by atoms with van der Waals surface area (Å²) < 4.78 is 12.9. The first-order valence-electron chi connectivity index (χ1n) is 7.94. The summed E-state index contributed by atoms with van der Waals surface area (Å²) in [5.41, 5.74) is 1.08. The first-order valence-corrected chi connectivity index (χ1v) is 8.92. The van der Waals surface area contributed by atoms with Gasteiger partial charge in [0.15, 0.2) is 11.0 Å². The van der Waals surface area contributed by atoms with Crippen LogP contribution in [0.5, 0.6) is 5.75 Å². The fourth-order valence-electron chi connectivity index (χ4n) is 2.13. The second kappa shape index (κ2) is 8.73. The topological polar surface area (TPSA) is 66.2 Å². The highest BCUT2D eigenvalue weighted by molar-refractivity contribution is 7.99. The summed E-state index contributed by atoms with van der Waals surface area (Å²) in [6.07, 6.45) is -0.111. The van der Waals surface area contributed by atoms with Gasteiger partial charge in [0, 0.05) is 6.54 Å². The first-order chi connectivity index (χ1) is 11.5. The van der Waals surface area contributed by atoms with E-state index in [-0.39, 0.29) is 17.8 Å². The van der Waals surface area contributed by atoms with Crippen molar-refractivity contribution in [1.82, 2.24) is 14.8 Å². The van der Waals surface area contributed by atoms with Gasteiger partial charge in [0.05, 0.1) is 11.9 Å². The van der Waals surface area contributed by atoms with Crippen LogP contribution in [0.15, 0.2) is 29.4 Å². The van der Waals surface area contributed by atoms with Crippen LogP contribution in [0.3, 0.4) is 0 Å². The molecule has 0 bridgehead atoms. The number of ether oxygens (including phenoxy) is 2. The van der Waals surface area contributed by atoms with Crippen LogP contribution in [0.2, 0.25) is 0 Å². The van der Waals surface area contributed by atoms with Crippen molar-refractivity contribution in [3.63, 3.8) is 0 Å². The number of nitrogens with zero attached hydrogens (tertiary/aromatic N) is 3. The van der Waals surface area contributed by atoms with E-state index >= 15 is 0 Å². The van der Waals surface area contributed by atoms with Gasteiger partial charge < -0.3 is 14.0 Å². The molecule has 0 saturated carbocycles. The maximum Gasteiger partial charge on any atom is 0.316 e. The number of thioether (sulfide) groups is 1. The third-order valence-electron chi connectivity index (χ3n) is 3.25. The largest absolute Gasteiger partial charge is 0.485 e. The predicted molar refractivity (Wildman–Crippen MR) is 93.2 cm³/mol. The molecule has 0 saturated heterocycles. The van der Waals surface area contributed by atoms with E-state index in [9.17, 15) is 4.79 Å². The predicted octanol–water partition coefficient (Wildman–Crippen LogP) is 3.23. The lowest BCUT2D eigenvalue weighted by molar-refractivity contribution is -0.144. The van der Waals surface area contributed by atoms with Gasteiger partial charge in [0.1, 0.15) is 12.4 Å². The average Bonchev–Trinajstić information content (AvgIpc) is 2.93. The molecule has 0 aliphatic carbocycles. The number of benzene rings is 1. The molecule has 7 heteroatoms. The van der Waals surface area contributed by atoms with Crippen molar-refractivity contribution in [3.8, 4) is 5.75 Å². The van der Waals surface area contributed by atoms with E-state index in [1.807, 2.05) is 56.5 Å². The molecule has 2 rings (SSSR count). The minimum atomic E-state index is -0.252. The molecule has 0 aliphatic heterocycles. The summed E-state index contributed by atoms with van der Waals surface area (Å²) in [6, 6.07) is 7.84. The summed E-state index contributed by atoms with van der Waals surface area (Å²) >= 11 is 1.33. The van der Waals surface area contributed by atoms with Gasteiger partial charge >= 0.3 is 5.97 Å². The molecule has 6 nitrogen and oxygen atoms in total. The molecule has 0 radical (unpaired) electrons. The highest BCUT2D eigenvalue weighted by atomic mass is 32.2. The molecule has 0 unspecified atom stereocenters. The molecule has 0 N–H and O–H groups in total. The van der Waals surface area contributed by atoms with E-state index in [4.69, 9.17) is 9.47 Å². The Bertz CT molecular complexity index is 685. The number of aromatic nitrogens is 3. The van der Waals surface area contributed by atoms with Crippen LogP contribution in [0.4, 0.5) is 0 Å². The number of esters is 1. The molecule has 0 atom stereocenters. The van der Waals surface area contributed by atoms with E-state index in [1.165, 1.54) is 11.8 Å². The zero-order chi connectivity index (χ0) is 17.5. The van der Waals surface area contributed by atoms with Crippen molar-refractivity contribution in [2.45, 2.75) is 52.1 Å². The number of para-hydroxylation sites is 1. The molecule has 24 heavy (non-hydrogen) atoms. The van der Waals surface area contributed by atoms with Crippen LogP contribution in [0.25, 0.3) is 0 Å². The summed E-state index contributed by atoms with van der Waals surface area (Å²) in [7, 11) is 0. The number of carbonyl (C=O) groups is 1. The monoisotopic (exact) mass is 349 g/mol. The van der Waals surface area contributed by atoms with Crippen LogP contribution in [0, 0.1) is 6.92 Å². The molecule has 0 amide bonds. The van der Waals surface area contributed by atoms with Gasteiger partial charge in [-0.05, 0) is 39.3 Å². The fraction of sp³-hybridized carbons (Fsp3) is 0.471. The Kier molecular flexibility index (Phi) is 6.66. The second-order valence-electron chi connectivity index (χ2n) is 5.52. The van der Waals surface area contributed by atoms with Crippen molar-refractivity contribution in [2.75, 3.05) is 5.75 Å². The third kappa shape index (κ3) is 4.99. The van der Waals surface area contributed by atoms with Crippen molar-refractivity contribution in [3.05, 3.63) is 35.7 Å². The van der Waals surface area contributed by atoms with E-state index < -0.39 is 0 Å². The Morgan fingerprint density at radius 1 is 1.29 bits per heavy atom. The fourth-order valence-corrected chi connectivity index (χ4v) is 2.94. The number of aryl methyl sites for hydroxylation is 1. The zero-order valence-electron chi connectivity index (χ0n) is 14.5. The van der Waals surface area contributed by atoms with Crippen LogP contribution in [0.1, 0.15) is 32.2 Å². The second-order valence-corrected chi connectivity index (χ2v) is 6.47. The Hall–Kier alpha value is -2.02. The standard InChI is InChI=1S/C17H23N3O3S/c1-5-20-15(10-22-14-9-7-6-8-13(14)4)18-19-17(20)24-11-16(21)23-12(2)3/h6-9,12H,5,10-11H2,1-4H3. The van der Waals surface area contributed by atoms with Gasteiger partial charge in [-0.3, -0.25) is 4.79 Å². The molecule has 130 valence electrons. The van der Waals surface area contributed by atoms with Crippen LogP contribution >= 0.6 is 11.8 Å². The molecule has 0 aliphatic rings. The highest BCUT2D eigenvalue weighted by Gasteiger charge is 2.15. The molecule has 1 heterocycles. The molecule has 2 aromatic rings. The summed E-state index contributed by atoms with van der Waals surface area (Å²) in [5.74, 6) is 1.53. The Labute approximate surface area is 146 Å². The smallest absolute Gasteiger partial charge is 0.316 e. The average molecular weight is 349 g/mol. The van der Waals surface area contributed by atoms with Crippen LogP contribution in [-0.2, 0) is 22.7 Å². The van der Waals surface area contributed by atoms with E-state index in [2.05, 4.69) is 10.2 Å². The normalized spacial score (nSPS) is 10.9. The Morgan fingerprint density at radius 3 is 2.71 bits per heavy atom. The van der Waals surface area contributed by atoms with Crippen molar-refractivity contribution >= 4 is 17.7 Å². The highest BCUT2D eigenvalue weighted by Crippen LogP contribution is 2.20. The maximum absolute atomic E-state index is 11.7. The van der Waals surface area contributed by atoms with Gasteiger partial charge in [-0.2, -0.15) is 0 Å².